The number of rotatable bonds is 8. The molecule has 0 bridgehead atoms. The van der Waals surface area contributed by atoms with E-state index in [0.717, 1.165) is 0 Å². The van der Waals surface area contributed by atoms with E-state index in [-0.39, 0.29) is 46.8 Å². The molecule has 0 aliphatic heterocycles. The van der Waals surface area contributed by atoms with Crippen LogP contribution in [-0.2, 0) is 19.6 Å². The van der Waals surface area contributed by atoms with Crippen LogP contribution in [0.4, 0.5) is 0 Å². The summed E-state index contributed by atoms with van der Waals surface area (Å²) in [4.78, 5) is 23.2. The monoisotopic (exact) mass is 382 g/mol. The van der Waals surface area contributed by atoms with Gasteiger partial charge in [0.05, 0.1) is 16.5 Å². The van der Waals surface area contributed by atoms with Crippen LogP contribution in [0.5, 0.6) is 0 Å². The summed E-state index contributed by atoms with van der Waals surface area (Å²) in [5.74, 6) is -1.39. The number of hydrogen-bond donors (Lipinski definition) is 2. The molecule has 0 atom stereocenters. The maximum atomic E-state index is 12.2. The van der Waals surface area contributed by atoms with Crippen molar-refractivity contribution in [2.45, 2.75) is 17.7 Å². The SMILES string of the molecule is CN(CCC(=O)O)C(=O)CCNS(=O)(=O)c1c(Cl)cccc1Cl. The van der Waals surface area contributed by atoms with Crippen molar-refractivity contribution in [2.24, 2.45) is 0 Å². The molecule has 1 amide bonds. The molecule has 0 saturated carbocycles. The number of benzene rings is 1. The summed E-state index contributed by atoms with van der Waals surface area (Å²) in [7, 11) is -2.50. The number of hydrogen-bond acceptors (Lipinski definition) is 4. The maximum Gasteiger partial charge on any atom is 0.305 e. The van der Waals surface area contributed by atoms with Crippen LogP contribution in [-0.4, -0.2) is 50.4 Å². The highest BCUT2D eigenvalue weighted by Crippen LogP contribution is 2.28. The van der Waals surface area contributed by atoms with Crippen LogP contribution < -0.4 is 4.72 Å². The largest absolute Gasteiger partial charge is 0.481 e. The fourth-order valence-corrected chi connectivity index (χ4v) is 3.85. The average Bonchev–Trinajstić information content (AvgIpc) is 2.43. The van der Waals surface area contributed by atoms with Gasteiger partial charge in [-0.15, -0.1) is 0 Å². The molecule has 0 unspecified atom stereocenters. The first kappa shape index (κ1) is 19.7. The minimum Gasteiger partial charge on any atom is -0.481 e. The fraction of sp³-hybridized carbons (Fsp3) is 0.385. The number of nitrogens with one attached hydrogen (secondary N) is 1. The van der Waals surface area contributed by atoms with Crippen molar-refractivity contribution in [3.63, 3.8) is 0 Å². The highest BCUT2D eigenvalue weighted by atomic mass is 35.5. The second-order valence-electron chi connectivity index (χ2n) is 4.66. The number of nitrogens with zero attached hydrogens (tertiary/aromatic N) is 1. The summed E-state index contributed by atoms with van der Waals surface area (Å²) in [5.41, 5.74) is 0. The van der Waals surface area contributed by atoms with Crippen LogP contribution in [0.15, 0.2) is 23.1 Å². The Kier molecular flexibility index (Phi) is 7.27. The van der Waals surface area contributed by atoms with E-state index < -0.39 is 16.0 Å². The topological polar surface area (TPSA) is 104 Å². The molecule has 23 heavy (non-hydrogen) atoms. The molecule has 0 aromatic heterocycles. The third-order valence-electron chi connectivity index (χ3n) is 2.91. The van der Waals surface area contributed by atoms with E-state index >= 15 is 0 Å². The van der Waals surface area contributed by atoms with Gasteiger partial charge in [-0.2, -0.15) is 0 Å². The zero-order valence-electron chi connectivity index (χ0n) is 12.3. The van der Waals surface area contributed by atoms with Gasteiger partial charge in [-0.3, -0.25) is 9.59 Å². The summed E-state index contributed by atoms with van der Waals surface area (Å²) in [6, 6.07) is 4.31. The summed E-state index contributed by atoms with van der Waals surface area (Å²) in [5, 5.41) is 8.51. The maximum absolute atomic E-state index is 12.2. The molecule has 0 radical (unpaired) electrons. The Morgan fingerprint density at radius 2 is 1.78 bits per heavy atom. The van der Waals surface area contributed by atoms with Gasteiger partial charge >= 0.3 is 5.97 Å². The predicted octanol–water partition coefficient (Wildman–Crippen LogP) is 1.59. The van der Waals surface area contributed by atoms with Crippen molar-refractivity contribution >= 4 is 45.1 Å². The zero-order chi connectivity index (χ0) is 17.6. The molecule has 1 aromatic carbocycles. The standard InChI is InChI=1S/C13H16Cl2N2O5S/c1-17(8-6-12(19)20)11(18)5-7-16-23(21,22)13-9(14)3-2-4-10(13)15/h2-4,16H,5-8H2,1H3,(H,19,20). The molecule has 0 fully saturated rings. The molecule has 2 N–H and O–H groups in total. The fourth-order valence-electron chi connectivity index (χ4n) is 1.68. The van der Waals surface area contributed by atoms with E-state index in [0.29, 0.717) is 0 Å². The molecule has 1 rings (SSSR count). The van der Waals surface area contributed by atoms with Crippen LogP contribution in [0.2, 0.25) is 10.0 Å². The molecular formula is C13H16Cl2N2O5S. The van der Waals surface area contributed by atoms with Crippen molar-refractivity contribution in [3.05, 3.63) is 28.2 Å². The van der Waals surface area contributed by atoms with Gasteiger partial charge in [0.2, 0.25) is 15.9 Å². The van der Waals surface area contributed by atoms with Gasteiger partial charge in [0.25, 0.3) is 0 Å². The number of carbonyl (C=O) groups is 2. The van der Waals surface area contributed by atoms with Crippen LogP contribution in [0, 0.1) is 0 Å². The molecule has 128 valence electrons. The lowest BCUT2D eigenvalue weighted by molar-refractivity contribution is -0.138. The zero-order valence-corrected chi connectivity index (χ0v) is 14.6. The second kappa shape index (κ2) is 8.49. The molecular weight excluding hydrogens is 367 g/mol. The Morgan fingerprint density at radius 1 is 1.22 bits per heavy atom. The third kappa shape index (κ3) is 5.98. The van der Waals surface area contributed by atoms with E-state index in [1.54, 1.807) is 0 Å². The van der Waals surface area contributed by atoms with E-state index in [1.807, 2.05) is 0 Å². The van der Waals surface area contributed by atoms with Gasteiger partial charge < -0.3 is 10.0 Å². The molecule has 0 aliphatic carbocycles. The molecule has 10 heteroatoms. The molecule has 0 heterocycles. The number of aliphatic carboxylic acids is 1. The lowest BCUT2D eigenvalue weighted by Crippen LogP contribution is -2.33. The smallest absolute Gasteiger partial charge is 0.305 e. The number of halogens is 2. The lowest BCUT2D eigenvalue weighted by atomic mass is 10.3. The third-order valence-corrected chi connectivity index (χ3v) is 5.32. The quantitative estimate of drug-likeness (QED) is 0.710. The first-order chi connectivity index (χ1) is 10.6. The van der Waals surface area contributed by atoms with Crippen LogP contribution >= 0.6 is 23.2 Å². The van der Waals surface area contributed by atoms with Crippen molar-refractivity contribution < 1.29 is 23.1 Å². The minimum absolute atomic E-state index is 0.0186. The number of carboxylic acid groups (broad SMARTS) is 1. The number of carbonyl (C=O) groups excluding carboxylic acids is 1. The Hall–Kier alpha value is -1.35. The van der Waals surface area contributed by atoms with E-state index in [1.165, 1.54) is 30.1 Å². The van der Waals surface area contributed by atoms with Gasteiger partial charge in [0, 0.05) is 26.6 Å². The van der Waals surface area contributed by atoms with Crippen LogP contribution in [0.25, 0.3) is 0 Å². The van der Waals surface area contributed by atoms with Gasteiger partial charge in [-0.05, 0) is 12.1 Å². The highest BCUT2D eigenvalue weighted by molar-refractivity contribution is 7.89. The molecule has 1 aromatic rings. The van der Waals surface area contributed by atoms with Crippen molar-refractivity contribution in [1.82, 2.24) is 9.62 Å². The Labute approximate surface area is 144 Å². The first-order valence-corrected chi connectivity index (χ1v) is 8.78. The summed E-state index contributed by atoms with van der Waals surface area (Å²) in [6.07, 6.45) is -0.291. The van der Waals surface area contributed by atoms with E-state index in [9.17, 15) is 18.0 Å². The minimum atomic E-state index is -3.95. The van der Waals surface area contributed by atoms with Gasteiger partial charge in [0.15, 0.2) is 0 Å². The normalized spacial score (nSPS) is 11.3. The first-order valence-electron chi connectivity index (χ1n) is 6.54. The Bertz CT molecular complexity index is 673. The lowest BCUT2D eigenvalue weighted by Gasteiger charge is -2.16. The summed E-state index contributed by atoms with van der Waals surface area (Å²) >= 11 is 11.7. The van der Waals surface area contributed by atoms with E-state index in [4.69, 9.17) is 28.3 Å². The summed E-state index contributed by atoms with van der Waals surface area (Å²) < 4.78 is 26.6. The molecule has 7 nitrogen and oxygen atoms in total. The average molecular weight is 383 g/mol. The van der Waals surface area contributed by atoms with Crippen LogP contribution in [0.1, 0.15) is 12.8 Å². The van der Waals surface area contributed by atoms with Gasteiger partial charge in [-0.1, -0.05) is 29.3 Å². The molecule has 0 aliphatic rings. The van der Waals surface area contributed by atoms with Gasteiger partial charge in [-0.25, -0.2) is 13.1 Å². The second-order valence-corrected chi connectivity index (χ2v) is 7.18. The number of carboxylic acids is 1. The van der Waals surface area contributed by atoms with E-state index in [2.05, 4.69) is 4.72 Å². The summed E-state index contributed by atoms with van der Waals surface area (Å²) in [6.45, 7) is -0.0998. The van der Waals surface area contributed by atoms with Crippen molar-refractivity contribution in [3.8, 4) is 0 Å². The predicted molar refractivity (Wildman–Crippen MR) is 86.2 cm³/mol. The number of sulfonamides is 1. The molecule has 0 spiro atoms. The molecule has 0 saturated heterocycles. The van der Waals surface area contributed by atoms with Crippen LogP contribution in [0.3, 0.4) is 0 Å². The number of amides is 1. The van der Waals surface area contributed by atoms with Crippen molar-refractivity contribution in [1.29, 1.82) is 0 Å². The van der Waals surface area contributed by atoms with Crippen molar-refractivity contribution in [2.75, 3.05) is 20.1 Å². The highest BCUT2D eigenvalue weighted by Gasteiger charge is 2.21. The van der Waals surface area contributed by atoms with Gasteiger partial charge in [0.1, 0.15) is 4.90 Å². The Morgan fingerprint density at radius 3 is 2.30 bits per heavy atom. The Balaban J connectivity index is 2.61.